The van der Waals surface area contributed by atoms with Crippen LogP contribution in [0.4, 0.5) is 10.3 Å². The Labute approximate surface area is 350 Å². The average Bonchev–Trinajstić information content (AvgIpc) is 3.81. The van der Waals surface area contributed by atoms with Gasteiger partial charge in [0.15, 0.2) is 23.6 Å². The molecule has 1 aliphatic rings. The summed E-state index contributed by atoms with van der Waals surface area (Å²) in [5.41, 5.74) is 0.595. The highest BCUT2D eigenvalue weighted by Gasteiger charge is 2.51. The molecule has 0 bridgehead atoms. The molecule has 5 atom stereocenters. The van der Waals surface area contributed by atoms with E-state index in [-0.39, 0.29) is 48.8 Å². The highest BCUT2D eigenvalue weighted by Crippen LogP contribution is 2.51. The number of alkyl halides is 1. The number of halogens is 1. The van der Waals surface area contributed by atoms with Crippen molar-refractivity contribution < 1.29 is 32.4 Å². The summed E-state index contributed by atoms with van der Waals surface area (Å²) in [6.07, 6.45) is -2.59. The van der Waals surface area contributed by atoms with E-state index in [1.54, 1.807) is 33.2 Å². The predicted molar refractivity (Wildman–Crippen MR) is 227 cm³/mol. The van der Waals surface area contributed by atoms with Crippen LogP contribution in [0.15, 0.2) is 95.0 Å². The van der Waals surface area contributed by atoms with Crippen LogP contribution in [0.3, 0.4) is 0 Å². The molecular formula is C43H52FN8O7P. The molecular weight excluding hydrogens is 790 g/mol. The zero-order chi connectivity index (χ0) is 43.0. The van der Waals surface area contributed by atoms with E-state index in [9.17, 15) is 10.1 Å². The number of hydrogen-bond acceptors (Lipinski definition) is 12. The molecule has 318 valence electrons. The Balaban J connectivity index is 1.48. The molecule has 2 aromatic heterocycles. The summed E-state index contributed by atoms with van der Waals surface area (Å²) >= 11 is 0. The Morgan fingerprint density at radius 1 is 0.983 bits per heavy atom. The minimum Gasteiger partial charge on any atom is -0.497 e. The lowest BCUT2D eigenvalue weighted by atomic mass is 9.80. The number of ether oxygens (including phenoxy) is 4. The van der Waals surface area contributed by atoms with Crippen LogP contribution in [-0.4, -0.2) is 107 Å². The molecule has 3 heterocycles. The Kier molecular flexibility index (Phi) is 14.7. The molecule has 1 aliphatic heterocycles. The molecule has 1 saturated heterocycles. The Bertz CT molecular complexity index is 2230. The maximum atomic E-state index is 17.6. The summed E-state index contributed by atoms with van der Waals surface area (Å²) in [4.78, 5) is 30.6. The number of H-pyrrole nitrogens is 1. The number of nitrogens with zero attached hydrogens (tertiary/aromatic N) is 7. The third kappa shape index (κ3) is 9.52. The van der Waals surface area contributed by atoms with Crippen molar-refractivity contribution in [2.75, 3.05) is 41.5 Å². The molecule has 6 rings (SSSR count). The Morgan fingerprint density at radius 2 is 1.58 bits per heavy atom. The zero-order valence-electron chi connectivity index (χ0n) is 35.1. The first-order chi connectivity index (χ1) is 28.9. The van der Waals surface area contributed by atoms with Crippen molar-refractivity contribution in [1.29, 1.82) is 5.26 Å². The topological polar surface area (TPSA) is 162 Å². The molecule has 0 spiro atoms. The first-order valence-corrected chi connectivity index (χ1v) is 20.7. The van der Waals surface area contributed by atoms with Crippen molar-refractivity contribution in [1.82, 2.24) is 29.1 Å². The molecule has 17 heteroatoms. The van der Waals surface area contributed by atoms with Gasteiger partial charge in [0.2, 0.25) is 5.95 Å². The SMILES string of the molecule is COc1ccc(C(OCC2OC(n3cnc4c(=O)[nH]c(N=CN(C)C)nc43)C(F)C2OP(OCCC#N)N(C(C)C)C(C)C)(c2ccccc2)c2ccc(OC)cc2)cc1. The molecule has 0 amide bonds. The number of aromatic amines is 1. The van der Waals surface area contributed by atoms with Crippen LogP contribution < -0.4 is 15.0 Å². The van der Waals surface area contributed by atoms with E-state index in [0.29, 0.717) is 11.5 Å². The molecule has 0 radical (unpaired) electrons. The second kappa shape index (κ2) is 19.9. The van der Waals surface area contributed by atoms with Crippen LogP contribution >= 0.6 is 8.53 Å². The van der Waals surface area contributed by atoms with Gasteiger partial charge in [-0.1, -0.05) is 54.6 Å². The number of nitriles is 1. The highest BCUT2D eigenvalue weighted by atomic mass is 31.2. The number of rotatable bonds is 19. The number of fused-ring (bicyclic) bond motifs is 1. The van der Waals surface area contributed by atoms with E-state index in [2.05, 4.69) is 26.0 Å². The number of benzene rings is 3. The second-order valence-electron chi connectivity index (χ2n) is 14.9. The van der Waals surface area contributed by atoms with Gasteiger partial charge in [0.1, 0.15) is 29.3 Å². The van der Waals surface area contributed by atoms with Gasteiger partial charge in [-0.15, -0.1) is 0 Å². The molecule has 5 aromatic rings. The van der Waals surface area contributed by atoms with Crippen LogP contribution in [0, 0.1) is 11.3 Å². The van der Waals surface area contributed by atoms with Crippen molar-refractivity contribution in [3.8, 4) is 17.6 Å². The summed E-state index contributed by atoms with van der Waals surface area (Å²) < 4.78 is 58.9. The third-order valence-electron chi connectivity index (χ3n) is 9.88. The Morgan fingerprint density at radius 3 is 2.13 bits per heavy atom. The van der Waals surface area contributed by atoms with Crippen LogP contribution in [0.5, 0.6) is 11.5 Å². The summed E-state index contributed by atoms with van der Waals surface area (Å²) in [7, 11) is 4.83. The van der Waals surface area contributed by atoms with E-state index in [1.807, 2.05) is 111 Å². The average molecular weight is 843 g/mol. The van der Waals surface area contributed by atoms with Gasteiger partial charge in [-0.05, 0) is 68.7 Å². The van der Waals surface area contributed by atoms with Crippen LogP contribution in [0.25, 0.3) is 11.2 Å². The van der Waals surface area contributed by atoms with Crippen LogP contribution in [0.2, 0.25) is 0 Å². The molecule has 3 aromatic carbocycles. The molecule has 0 aliphatic carbocycles. The second-order valence-corrected chi connectivity index (χ2v) is 16.3. The minimum atomic E-state index is -1.93. The van der Waals surface area contributed by atoms with Crippen molar-refractivity contribution >= 4 is 32.0 Å². The molecule has 1 N–H and O–H groups in total. The van der Waals surface area contributed by atoms with E-state index < -0.39 is 44.3 Å². The Hall–Kier alpha value is -5.27. The number of aliphatic imine (C=N–C) groups is 1. The van der Waals surface area contributed by atoms with Crippen molar-refractivity contribution in [2.24, 2.45) is 4.99 Å². The zero-order valence-corrected chi connectivity index (χ0v) is 36.0. The maximum absolute atomic E-state index is 17.6. The van der Waals surface area contributed by atoms with Crippen molar-refractivity contribution in [3.63, 3.8) is 0 Å². The number of hydrogen-bond donors (Lipinski definition) is 1. The largest absolute Gasteiger partial charge is 0.497 e. The van der Waals surface area contributed by atoms with Gasteiger partial charge in [0, 0.05) is 26.2 Å². The van der Waals surface area contributed by atoms with Crippen LogP contribution in [-0.2, 0) is 24.1 Å². The van der Waals surface area contributed by atoms with E-state index in [1.165, 1.54) is 17.2 Å². The highest BCUT2D eigenvalue weighted by molar-refractivity contribution is 7.44. The van der Waals surface area contributed by atoms with Gasteiger partial charge in [-0.3, -0.25) is 14.3 Å². The lowest BCUT2D eigenvalue weighted by Crippen LogP contribution is -2.41. The van der Waals surface area contributed by atoms with Gasteiger partial charge in [0.25, 0.3) is 14.1 Å². The van der Waals surface area contributed by atoms with Gasteiger partial charge in [-0.2, -0.15) is 10.2 Å². The lowest BCUT2D eigenvalue weighted by Gasteiger charge is -2.39. The fourth-order valence-corrected chi connectivity index (χ4v) is 8.96. The molecule has 1 fully saturated rings. The van der Waals surface area contributed by atoms with Gasteiger partial charge in [-0.25, -0.2) is 19.0 Å². The number of nitrogens with one attached hydrogen (secondary N) is 1. The van der Waals surface area contributed by atoms with Crippen LogP contribution in [0.1, 0.15) is 57.0 Å². The molecule has 5 unspecified atom stereocenters. The lowest BCUT2D eigenvalue weighted by molar-refractivity contribution is -0.0919. The normalized spacial score (nSPS) is 18.8. The van der Waals surface area contributed by atoms with E-state index in [4.69, 9.17) is 28.0 Å². The third-order valence-corrected chi connectivity index (χ3v) is 12.0. The first-order valence-electron chi connectivity index (χ1n) is 19.6. The maximum Gasteiger partial charge on any atom is 0.280 e. The quantitative estimate of drug-likeness (QED) is 0.0292. The monoisotopic (exact) mass is 842 g/mol. The van der Waals surface area contributed by atoms with E-state index in [0.717, 1.165) is 16.7 Å². The summed E-state index contributed by atoms with van der Waals surface area (Å²) in [5.74, 6) is 1.33. The summed E-state index contributed by atoms with van der Waals surface area (Å²) in [6.45, 7) is 7.91. The summed E-state index contributed by atoms with van der Waals surface area (Å²) in [6, 6.07) is 26.9. The van der Waals surface area contributed by atoms with Gasteiger partial charge in [0.05, 0.1) is 52.6 Å². The fourth-order valence-electron chi connectivity index (χ4n) is 7.19. The molecule has 60 heavy (non-hydrogen) atoms. The fraction of sp³-hybridized carbons (Fsp3) is 0.419. The predicted octanol–water partition coefficient (Wildman–Crippen LogP) is 7.26. The van der Waals surface area contributed by atoms with Gasteiger partial charge < -0.3 is 32.9 Å². The molecule has 15 nitrogen and oxygen atoms in total. The summed E-state index contributed by atoms with van der Waals surface area (Å²) in [5, 5.41) is 9.38. The minimum absolute atomic E-state index is 0.00888. The standard InChI is InChI=1S/C43H52FN8O7P/c1-28(2)52(29(3)4)60(57-24-12-23-45)59-38-35(58-41(36(38)44)51-27-46-37-39(51)48-42(49-40(37)53)47-26-50(5)6)25-56-43(30-13-10-9-11-14-30,31-15-19-33(54-7)20-16-31)32-17-21-34(55-8)22-18-32/h9-11,13-22,26-29,35-36,38,41H,12,24-25H2,1-8H3,(H,48,49,53). The number of aromatic nitrogens is 4. The first kappa shape index (κ1) is 44.3. The van der Waals surface area contributed by atoms with E-state index >= 15 is 4.39 Å². The number of methoxy groups -OCH3 is 2. The van der Waals surface area contributed by atoms with Crippen molar-refractivity contribution in [2.45, 2.75) is 76.4 Å². The van der Waals surface area contributed by atoms with Gasteiger partial charge >= 0.3 is 0 Å². The smallest absolute Gasteiger partial charge is 0.280 e. The van der Waals surface area contributed by atoms with Crippen molar-refractivity contribution in [3.05, 3.63) is 112 Å². The molecule has 0 saturated carbocycles. The number of imidazole rings is 1.